The van der Waals surface area contributed by atoms with Crippen LogP contribution in [-0.4, -0.2) is 4.57 Å². The molecule has 2 heteroatoms. The zero-order chi connectivity index (χ0) is 16.5. The molecule has 0 aliphatic carbocycles. The van der Waals surface area contributed by atoms with Crippen molar-refractivity contribution in [1.29, 1.82) is 0 Å². The van der Waals surface area contributed by atoms with Crippen LogP contribution in [0.15, 0.2) is 77.8 Å². The molecular formula is C22H20N2. The second-order valence-corrected chi connectivity index (χ2v) is 6.07. The highest BCUT2D eigenvalue weighted by molar-refractivity contribution is 5.93. The highest BCUT2D eigenvalue weighted by Gasteiger charge is 2.07. The Bertz CT molecular complexity index is 1030. The van der Waals surface area contributed by atoms with Crippen molar-refractivity contribution in [2.45, 2.75) is 20.4 Å². The van der Waals surface area contributed by atoms with Gasteiger partial charge in [0.1, 0.15) is 0 Å². The van der Waals surface area contributed by atoms with Crippen molar-refractivity contribution in [2.24, 2.45) is 4.99 Å². The van der Waals surface area contributed by atoms with E-state index in [4.69, 9.17) is 4.99 Å². The number of para-hydroxylation sites is 2. The third kappa shape index (κ3) is 2.41. The van der Waals surface area contributed by atoms with Gasteiger partial charge in [0.15, 0.2) is 0 Å². The largest absolute Gasteiger partial charge is 0.341 e. The van der Waals surface area contributed by atoms with E-state index in [1.165, 1.54) is 27.4 Å². The highest BCUT2D eigenvalue weighted by Crippen LogP contribution is 2.21. The predicted molar refractivity (Wildman–Crippen MR) is 102 cm³/mol. The van der Waals surface area contributed by atoms with Crippen LogP contribution in [-0.2, 0) is 6.54 Å². The van der Waals surface area contributed by atoms with Crippen LogP contribution in [0, 0.1) is 6.92 Å². The minimum absolute atomic E-state index is 0.936. The molecule has 2 nitrogen and oxygen atoms in total. The van der Waals surface area contributed by atoms with E-state index in [0.29, 0.717) is 0 Å². The number of pyridine rings is 1. The lowest BCUT2D eigenvalue weighted by molar-refractivity contribution is 0.821. The number of hydrogen-bond acceptors (Lipinski definition) is 1. The summed E-state index contributed by atoms with van der Waals surface area (Å²) in [7, 11) is 0. The number of aromatic nitrogens is 1. The fourth-order valence-corrected chi connectivity index (χ4v) is 3.30. The Balaban J connectivity index is 2.18. The summed E-state index contributed by atoms with van der Waals surface area (Å²) in [4.78, 5) is 5.00. The molecular weight excluding hydrogens is 292 g/mol. The Hall–Kier alpha value is -2.87. The van der Waals surface area contributed by atoms with Crippen molar-refractivity contribution in [3.8, 4) is 0 Å². The van der Waals surface area contributed by atoms with Gasteiger partial charge in [-0.15, -0.1) is 0 Å². The maximum atomic E-state index is 5.00. The Kier molecular flexibility index (Phi) is 3.66. The van der Waals surface area contributed by atoms with E-state index < -0.39 is 0 Å². The van der Waals surface area contributed by atoms with E-state index in [1.807, 2.05) is 0 Å². The molecule has 0 aliphatic heterocycles. The smallest absolute Gasteiger partial charge is 0.0823 e. The third-order valence-corrected chi connectivity index (χ3v) is 4.49. The molecule has 0 bridgehead atoms. The van der Waals surface area contributed by atoms with E-state index in [0.717, 1.165) is 17.6 Å². The van der Waals surface area contributed by atoms with Crippen molar-refractivity contribution in [1.82, 2.24) is 4.57 Å². The number of benzene rings is 3. The summed E-state index contributed by atoms with van der Waals surface area (Å²) < 4.78 is 2.36. The molecule has 0 amide bonds. The van der Waals surface area contributed by atoms with E-state index in [9.17, 15) is 0 Å². The minimum Gasteiger partial charge on any atom is -0.341 e. The maximum absolute atomic E-state index is 5.00. The lowest BCUT2D eigenvalue weighted by atomic mass is 10.1. The number of aryl methyl sites for hydroxylation is 2. The summed E-state index contributed by atoms with van der Waals surface area (Å²) in [6.07, 6.45) is 0. The second kappa shape index (κ2) is 5.97. The fraction of sp³-hybridized carbons (Fsp3) is 0.136. The van der Waals surface area contributed by atoms with E-state index in [2.05, 4.69) is 91.2 Å². The monoisotopic (exact) mass is 312 g/mol. The molecule has 1 aromatic heterocycles. The molecule has 0 saturated heterocycles. The number of rotatable bonds is 2. The van der Waals surface area contributed by atoms with Gasteiger partial charge in [-0.2, -0.15) is 0 Å². The molecule has 3 aromatic carbocycles. The zero-order valence-electron chi connectivity index (χ0n) is 14.0. The van der Waals surface area contributed by atoms with Crippen LogP contribution in [0.25, 0.3) is 21.8 Å². The van der Waals surface area contributed by atoms with Crippen molar-refractivity contribution < 1.29 is 0 Å². The molecule has 0 spiro atoms. The molecule has 4 aromatic rings. The van der Waals surface area contributed by atoms with Crippen molar-refractivity contribution in [2.75, 3.05) is 0 Å². The van der Waals surface area contributed by atoms with Gasteiger partial charge in [-0.3, -0.25) is 0 Å². The van der Waals surface area contributed by atoms with Crippen LogP contribution in [0.2, 0.25) is 0 Å². The summed E-state index contributed by atoms with van der Waals surface area (Å²) in [5.41, 5.74) is 4.69. The average molecular weight is 312 g/mol. The SMILES string of the molecule is CCn1c2ccccc2c(=Nc2ccc(C)cc2)c2ccccc21. The Morgan fingerprint density at radius 3 is 1.83 bits per heavy atom. The number of fused-ring (bicyclic) bond motifs is 2. The molecule has 0 atom stereocenters. The van der Waals surface area contributed by atoms with Crippen LogP contribution in [0.1, 0.15) is 12.5 Å². The summed E-state index contributed by atoms with van der Waals surface area (Å²) in [6, 6.07) is 25.4. The molecule has 24 heavy (non-hydrogen) atoms. The van der Waals surface area contributed by atoms with Gasteiger partial charge in [-0.05, 0) is 38.1 Å². The molecule has 0 fully saturated rings. The number of hydrogen-bond donors (Lipinski definition) is 0. The number of nitrogens with zero attached hydrogens (tertiary/aromatic N) is 2. The quantitative estimate of drug-likeness (QED) is 0.444. The van der Waals surface area contributed by atoms with E-state index in [-0.39, 0.29) is 0 Å². The summed E-state index contributed by atoms with van der Waals surface area (Å²) >= 11 is 0. The lowest BCUT2D eigenvalue weighted by Gasteiger charge is -2.14. The highest BCUT2D eigenvalue weighted by atomic mass is 15.0. The summed E-state index contributed by atoms with van der Waals surface area (Å²) in [6.45, 7) is 5.22. The van der Waals surface area contributed by atoms with Crippen molar-refractivity contribution in [3.05, 3.63) is 83.7 Å². The second-order valence-electron chi connectivity index (χ2n) is 6.07. The predicted octanol–water partition coefficient (Wildman–Crippen LogP) is 5.36. The van der Waals surface area contributed by atoms with Crippen LogP contribution >= 0.6 is 0 Å². The van der Waals surface area contributed by atoms with E-state index in [1.54, 1.807) is 0 Å². The van der Waals surface area contributed by atoms with Gasteiger partial charge in [-0.1, -0.05) is 54.1 Å². The Morgan fingerprint density at radius 1 is 0.750 bits per heavy atom. The van der Waals surface area contributed by atoms with Gasteiger partial charge in [0.25, 0.3) is 0 Å². The zero-order valence-corrected chi connectivity index (χ0v) is 14.0. The maximum Gasteiger partial charge on any atom is 0.0823 e. The van der Waals surface area contributed by atoms with Crippen molar-refractivity contribution >= 4 is 27.5 Å². The van der Waals surface area contributed by atoms with E-state index >= 15 is 0 Å². The van der Waals surface area contributed by atoms with Crippen LogP contribution in [0.4, 0.5) is 5.69 Å². The van der Waals surface area contributed by atoms with Gasteiger partial charge in [0, 0.05) is 17.3 Å². The first-order valence-corrected chi connectivity index (χ1v) is 8.39. The first-order chi connectivity index (χ1) is 11.8. The topological polar surface area (TPSA) is 17.3 Å². The Morgan fingerprint density at radius 2 is 1.29 bits per heavy atom. The molecule has 0 unspecified atom stereocenters. The molecule has 1 heterocycles. The average Bonchev–Trinajstić information content (AvgIpc) is 2.63. The van der Waals surface area contributed by atoms with Gasteiger partial charge in [-0.25, -0.2) is 4.99 Å². The third-order valence-electron chi connectivity index (χ3n) is 4.49. The lowest BCUT2D eigenvalue weighted by Crippen LogP contribution is -2.12. The first-order valence-electron chi connectivity index (χ1n) is 8.39. The van der Waals surface area contributed by atoms with Crippen LogP contribution < -0.4 is 5.36 Å². The normalized spacial score (nSPS) is 11.1. The molecule has 0 radical (unpaired) electrons. The molecule has 0 N–H and O–H groups in total. The summed E-state index contributed by atoms with van der Waals surface area (Å²) in [5, 5.41) is 3.44. The molecule has 4 rings (SSSR count). The molecule has 0 saturated carbocycles. The minimum atomic E-state index is 0.936. The fourth-order valence-electron chi connectivity index (χ4n) is 3.30. The van der Waals surface area contributed by atoms with Gasteiger partial charge >= 0.3 is 0 Å². The van der Waals surface area contributed by atoms with Gasteiger partial charge in [0.2, 0.25) is 0 Å². The van der Waals surface area contributed by atoms with Crippen LogP contribution in [0.5, 0.6) is 0 Å². The van der Waals surface area contributed by atoms with Crippen molar-refractivity contribution in [3.63, 3.8) is 0 Å². The summed E-state index contributed by atoms with van der Waals surface area (Å²) in [5.74, 6) is 0. The first kappa shape index (κ1) is 14.7. The van der Waals surface area contributed by atoms with Gasteiger partial charge in [0.05, 0.1) is 22.1 Å². The molecule has 0 aliphatic rings. The standard InChI is InChI=1S/C22H20N2/c1-3-24-20-10-6-4-8-18(20)22(19-9-5-7-11-21(19)24)23-17-14-12-16(2)13-15-17/h4-15H,3H2,1-2H3. The van der Waals surface area contributed by atoms with Gasteiger partial charge < -0.3 is 4.57 Å². The molecule has 118 valence electrons. The Labute approximate surface area is 141 Å². The van der Waals surface area contributed by atoms with Crippen LogP contribution in [0.3, 0.4) is 0 Å².